The van der Waals surface area contributed by atoms with Crippen molar-refractivity contribution in [2.24, 2.45) is 11.8 Å². The molecule has 1 saturated heterocycles. The molecule has 3 rings (SSSR count). The molecule has 1 amide bonds. The van der Waals surface area contributed by atoms with Crippen LogP contribution in [0.15, 0.2) is 41.3 Å². The van der Waals surface area contributed by atoms with Gasteiger partial charge >= 0.3 is 0 Å². The molecule has 0 bridgehead atoms. The van der Waals surface area contributed by atoms with E-state index in [0.29, 0.717) is 35.5 Å². The highest BCUT2D eigenvalue weighted by molar-refractivity contribution is 7.89. The molecule has 1 aromatic heterocycles. The highest BCUT2D eigenvalue weighted by atomic mass is 32.2. The monoisotopic (exact) mass is 392 g/mol. The van der Waals surface area contributed by atoms with E-state index in [9.17, 15) is 13.2 Å². The molecule has 1 aliphatic rings. The van der Waals surface area contributed by atoms with Crippen molar-refractivity contribution in [2.75, 3.05) is 18.4 Å². The minimum absolute atomic E-state index is 0.183. The van der Waals surface area contributed by atoms with Crippen molar-refractivity contribution in [2.45, 2.75) is 32.1 Å². The quantitative estimate of drug-likeness (QED) is 0.856. The van der Waals surface area contributed by atoms with E-state index < -0.39 is 10.0 Å². The van der Waals surface area contributed by atoms with E-state index in [0.717, 1.165) is 11.3 Å². The summed E-state index contributed by atoms with van der Waals surface area (Å²) in [7, 11) is -3.50. The van der Waals surface area contributed by atoms with Crippen LogP contribution < -0.4 is 5.32 Å². The second kappa shape index (κ2) is 7.50. The number of sulfonamides is 1. The van der Waals surface area contributed by atoms with Crippen LogP contribution in [0.4, 0.5) is 5.69 Å². The van der Waals surface area contributed by atoms with Crippen molar-refractivity contribution in [3.8, 4) is 0 Å². The second-order valence-electron chi connectivity index (χ2n) is 7.16. The van der Waals surface area contributed by atoms with Gasteiger partial charge in [-0.2, -0.15) is 4.31 Å². The maximum Gasteiger partial charge on any atom is 0.265 e. The molecule has 0 radical (unpaired) electrons. The van der Waals surface area contributed by atoms with Gasteiger partial charge in [-0.25, -0.2) is 8.42 Å². The van der Waals surface area contributed by atoms with Gasteiger partial charge in [0.1, 0.15) is 0 Å². The molecule has 0 aliphatic carbocycles. The summed E-state index contributed by atoms with van der Waals surface area (Å²) in [6.07, 6.45) is 1.05. The van der Waals surface area contributed by atoms with Gasteiger partial charge in [0.2, 0.25) is 10.0 Å². The number of nitrogens with one attached hydrogen (secondary N) is 1. The molecule has 1 fully saturated rings. The molecule has 1 N–H and O–H groups in total. The molecule has 1 aliphatic heterocycles. The number of thiophene rings is 1. The maximum absolute atomic E-state index is 12.9. The van der Waals surface area contributed by atoms with Gasteiger partial charge < -0.3 is 5.32 Å². The third-order valence-corrected chi connectivity index (χ3v) is 7.39. The topological polar surface area (TPSA) is 66.5 Å². The smallest absolute Gasteiger partial charge is 0.265 e. The van der Waals surface area contributed by atoms with E-state index in [2.05, 4.69) is 19.2 Å². The fourth-order valence-electron chi connectivity index (χ4n) is 3.41. The second-order valence-corrected chi connectivity index (χ2v) is 10.4. The molecule has 26 heavy (non-hydrogen) atoms. The Balaban J connectivity index is 1.73. The summed E-state index contributed by atoms with van der Waals surface area (Å²) in [5, 5.41) is 2.81. The summed E-state index contributed by atoms with van der Waals surface area (Å²) in [5.41, 5.74) is 0.584. The van der Waals surface area contributed by atoms with Crippen LogP contribution in [-0.4, -0.2) is 31.7 Å². The van der Waals surface area contributed by atoms with Crippen LogP contribution in [0.25, 0.3) is 0 Å². The number of amides is 1. The van der Waals surface area contributed by atoms with Gasteiger partial charge in [-0.05, 0) is 61.6 Å². The number of carbonyl (C=O) groups is 1. The fraction of sp³-hybridized carbons (Fsp3) is 0.421. The lowest BCUT2D eigenvalue weighted by Gasteiger charge is -2.34. The Bertz CT molecular complexity index is 878. The molecule has 2 aromatic rings. The van der Waals surface area contributed by atoms with Gasteiger partial charge in [-0.3, -0.25) is 4.79 Å². The molecule has 0 unspecified atom stereocenters. The summed E-state index contributed by atoms with van der Waals surface area (Å²) < 4.78 is 27.3. The van der Waals surface area contributed by atoms with Crippen molar-refractivity contribution in [1.82, 2.24) is 4.31 Å². The van der Waals surface area contributed by atoms with E-state index >= 15 is 0 Å². The van der Waals surface area contributed by atoms with Gasteiger partial charge in [-0.1, -0.05) is 13.8 Å². The number of rotatable bonds is 4. The lowest BCUT2D eigenvalue weighted by molar-refractivity contribution is 0.103. The van der Waals surface area contributed by atoms with E-state index in [1.54, 1.807) is 34.6 Å². The minimum Gasteiger partial charge on any atom is -0.321 e. The lowest BCUT2D eigenvalue weighted by atomic mass is 9.94. The average molecular weight is 393 g/mol. The van der Waals surface area contributed by atoms with Gasteiger partial charge in [0, 0.05) is 23.7 Å². The Morgan fingerprint density at radius 2 is 1.69 bits per heavy atom. The molecular formula is C19H24N2O3S2. The minimum atomic E-state index is -3.50. The molecule has 0 saturated carbocycles. The number of aryl methyl sites for hydroxylation is 1. The Labute approximate surface area is 159 Å². The maximum atomic E-state index is 12.9. The SMILES string of the molecule is Cc1ccc(C(=O)Nc2ccc(S(=O)(=O)N3C[C@@H](C)C[C@H](C)C3)cc2)s1. The number of piperidine rings is 1. The van der Waals surface area contributed by atoms with Crippen molar-refractivity contribution >= 4 is 33.0 Å². The van der Waals surface area contributed by atoms with Crippen molar-refractivity contribution in [1.29, 1.82) is 0 Å². The number of anilines is 1. The van der Waals surface area contributed by atoms with Gasteiger partial charge in [0.15, 0.2) is 0 Å². The highest BCUT2D eigenvalue weighted by Crippen LogP contribution is 2.27. The van der Waals surface area contributed by atoms with Crippen LogP contribution in [0.3, 0.4) is 0 Å². The third kappa shape index (κ3) is 4.16. The van der Waals surface area contributed by atoms with E-state index in [1.807, 2.05) is 13.0 Å². The van der Waals surface area contributed by atoms with Gasteiger partial charge in [0.05, 0.1) is 9.77 Å². The first-order valence-electron chi connectivity index (χ1n) is 8.73. The van der Waals surface area contributed by atoms with Crippen LogP contribution in [0.2, 0.25) is 0 Å². The molecule has 2 atom stereocenters. The zero-order valence-electron chi connectivity index (χ0n) is 15.2. The Kier molecular flexibility index (Phi) is 5.50. The van der Waals surface area contributed by atoms with E-state index in [4.69, 9.17) is 0 Å². The van der Waals surface area contributed by atoms with Crippen molar-refractivity contribution in [3.63, 3.8) is 0 Å². The van der Waals surface area contributed by atoms with Gasteiger partial charge in [-0.15, -0.1) is 11.3 Å². The number of nitrogens with zero attached hydrogens (tertiary/aromatic N) is 1. The molecule has 0 spiro atoms. The normalized spacial score (nSPS) is 21.5. The van der Waals surface area contributed by atoms with Crippen molar-refractivity contribution in [3.05, 3.63) is 46.2 Å². The molecule has 2 heterocycles. The zero-order valence-corrected chi connectivity index (χ0v) is 16.9. The van der Waals surface area contributed by atoms with Crippen LogP contribution in [0.1, 0.15) is 34.8 Å². The van der Waals surface area contributed by atoms with Crippen LogP contribution in [0, 0.1) is 18.8 Å². The largest absolute Gasteiger partial charge is 0.321 e. The third-order valence-electron chi connectivity index (χ3n) is 4.55. The zero-order chi connectivity index (χ0) is 18.9. The Hall–Kier alpha value is -1.70. The average Bonchev–Trinajstić information content (AvgIpc) is 3.01. The van der Waals surface area contributed by atoms with Gasteiger partial charge in [0.25, 0.3) is 5.91 Å². The molecule has 140 valence electrons. The predicted octanol–water partition coefficient (Wildman–Crippen LogP) is 3.98. The number of hydrogen-bond donors (Lipinski definition) is 1. The fourth-order valence-corrected chi connectivity index (χ4v) is 5.85. The Morgan fingerprint density at radius 1 is 1.08 bits per heavy atom. The van der Waals surface area contributed by atoms with Crippen LogP contribution >= 0.6 is 11.3 Å². The Morgan fingerprint density at radius 3 is 2.23 bits per heavy atom. The summed E-state index contributed by atoms with van der Waals surface area (Å²) >= 11 is 1.43. The lowest BCUT2D eigenvalue weighted by Crippen LogP contribution is -2.42. The van der Waals surface area contributed by atoms with Crippen LogP contribution in [-0.2, 0) is 10.0 Å². The number of hydrogen-bond acceptors (Lipinski definition) is 4. The number of benzene rings is 1. The molecule has 5 nitrogen and oxygen atoms in total. The first kappa shape index (κ1) is 19.1. The first-order chi connectivity index (χ1) is 12.3. The molecule has 7 heteroatoms. The summed E-state index contributed by atoms with van der Waals surface area (Å²) in [4.78, 5) is 14.2. The first-order valence-corrected chi connectivity index (χ1v) is 11.0. The summed E-state index contributed by atoms with van der Waals surface area (Å²) in [6.45, 7) is 7.24. The molecular weight excluding hydrogens is 368 g/mol. The van der Waals surface area contributed by atoms with E-state index in [1.165, 1.54) is 11.3 Å². The standard InChI is InChI=1S/C19H24N2O3S2/c1-13-10-14(2)12-21(11-13)26(23,24)17-7-5-16(6-8-17)20-19(22)18-9-4-15(3)25-18/h4-9,13-14H,10-12H2,1-3H3,(H,20,22)/t13-,14-/m0/s1. The van der Waals surface area contributed by atoms with Crippen molar-refractivity contribution < 1.29 is 13.2 Å². The number of carbonyl (C=O) groups excluding carboxylic acids is 1. The summed E-state index contributed by atoms with van der Waals surface area (Å²) in [5.74, 6) is 0.542. The molecule has 1 aromatic carbocycles. The predicted molar refractivity (Wildman–Crippen MR) is 105 cm³/mol. The highest BCUT2D eigenvalue weighted by Gasteiger charge is 2.31. The summed E-state index contributed by atoms with van der Waals surface area (Å²) in [6, 6.07) is 10.1. The van der Waals surface area contributed by atoms with E-state index in [-0.39, 0.29) is 10.8 Å². The van der Waals surface area contributed by atoms with Crippen LogP contribution in [0.5, 0.6) is 0 Å².